The van der Waals surface area contributed by atoms with Crippen LogP contribution in [-0.2, 0) is 14.8 Å². The van der Waals surface area contributed by atoms with Crippen LogP contribution in [0.3, 0.4) is 0 Å². The van der Waals surface area contributed by atoms with Crippen molar-refractivity contribution in [2.45, 2.75) is 43.0 Å². The molecule has 0 radical (unpaired) electrons. The number of nitrogens with one attached hydrogen (secondary N) is 2. The number of nitrogens with zero attached hydrogens (tertiary/aromatic N) is 1. The Bertz CT molecular complexity index is 1130. The van der Waals surface area contributed by atoms with Gasteiger partial charge in [0.2, 0.25) is 15.9 Å². The summed E-state index contributed by atoms with van der Waals surface area (Å²) in [6, 6.07) is 12.0. The molecule has 1 saturated carbocycles. The number of anilines is 1. The predicted molar refractivity (Wildman–Crippen MR) is 124 cm³/mol. The minimum Gasteiger partial charge on any atom is -0.368 e. The molecule has 0 aromatic heterocycles. The van der Waals surface area contributed by atoms with Gasteiger partial charge < -0.3 is 16.4 Å². The number of nitrogens with two attached hydrogens (primary N) is 1. The highest BCUT2D eigenvalue weighted by Crippen LogP contribution is 2.26. The fourth-order valence-electron chi connectivity index (χ4n) is 3.80. The fraction of sp³-hybridized carbons (Fsp3) is 0.348. The fourth-order valence-corrected chi connectivity index (χ4v) is 5.21. The van der Waals surface area contributed by atoms with E-state index in [4.69, 9.17) is 5.73 Å². The normalized spacial score (nSPS) is 14.6. The second-order valence-corrected chi connectivity index (χ2v) is 10.0. The molecule has 0 bridgehead atoms. The van der Waals surface area contributed by atoms with E-state index in [1.807, 2.05) is 0 Å². The second kappa shape index (κ2) is 10.6. The maximum atomic E-state index is 13.0. The molecule has 10 heteroatoms. The molecule has 33 heavy (non-hydrogen) atoms. The Balaban J connectivity index is 1.67. The highest BCUT2D eigenvalue weighted by molar-refractivity contribution is 7.89. The van der Waals surface area contributed by atoms with Crippen molar-refractivity contribution in [2.75, 3.05) is 18.9 Å². The Labute approximate surface area is 193 Å². The molecule has 176 valence electrons. The van der Waals surface area contributed by atoms with Crippen LogP contribution >= 0.6 is 0 Å². The molecule has 2 aromatic rings. The first-order chi connectivity index (χ1) is 15.7. The first-order valence-electron chi connectivity index (χ1n) is 10.7. The van der Waals surface area contributed by atoms with Gasteiger partial charge in [0.25, 0.3) is 11.8 Å². The third kappa shape index (κ3) is 6.17. The molecule has 0 spiro atoms. The van der Waals surface area contributed by atoms with Gasteiger partial charge in [-0.1, -0.05) is 25.3 Å². The molecule has 0 unspecified atom stereocenters. The summed E-state index contributed by atoms with van der Waals surface area (Å²) in [7, 11) is -2.03. The number of benzene rings is 2. The van der Waals surface area contributed by atoms with Gasteiger partial charge in [-0.05, 0) is 55.3 Å². The average molecular weight is 473 g/mol. The molecular formula is C23H28N4O5S. The molecule has 0 heterocycles. The van der Waals surface area contributed by atoms with Crippen LogP contribution < -0.4 is 16.4 Å². The first kappa shape index (κ1) is 24.4. The van der Waals surface area contributed by atoms with Gasteiger partial charge in [0.1, 0.15) is 0 Å². The highest BCUT2D eigenvalue weighted by atomic mass is 32.2. The lowest BCUT2D eigenvalue weighted by atomic mass is 9.96. The molecule has 0 atom stereocenters. The number of amides is 3. The van der Waals surface area contributed by atoms with Crippen LogP contribution in [0, 0.1) is 0 Å². The first-order valence-corrected chi connectivity index (χ1v) is 12.2. The largest absolute Gasteiger partial charge is 0.368 e. The summed E-state index contributed by atoms with van der Waals surface area (Å²) in [5.74, 6) is -1.61. The molecule has 3 amide bonds. The van der Waals surface area contributed by atoms with Gasteiger partial charge in [0.15, 0.2) is 0 Å². The maximum absolute atomic E-state index is 13.0. The van der Waals surface area contributed by atoms with E-state index < -0.39 is 27.7 Å². The minimum atomic E-state index is -3.64. The summed E-state index contributed by atoms with van der Waals surface area (Å²) >= 11 is 0. The number of primary amides is 1. The summed E-state index contributed by atoms with van der Waals surface area (Å²) in [4.78, 5) is 35.6. The third-order valence-corrected chi connectivity index (χ3v) is 7.61. The maximum Gasteiger partial charge on any atom is 0.255 e. The SMILES string of the molecule is CN(C1CCCCC1)S(=O)(=O)c1ccc(C(=O)Nc2cccc(C(=O)NCC(N)=O)c2)cc1. The van der Waals surface area contributed by atoms with Gasteiger partial charge >= 0.3 is 0 Å². The van der Waals surface area contributed by atoms with Crippen LogP contribution in [0.25, 0.3) is 0 Å². The van der Waals surface area contributed by atoms with E-state index in [2.05, 4.69) is 10.6 Å². The summed E-state index contributed by atoms with van der Waals surface area (Å²) < 4.78 is 27.4. The van der Waals surface area contributed by atoms with Crippen molar-refractivity contribution in [3.8, 4) is 0 Å². The number of carbonyl (C=O) groups excluding carboxylic acids is 3. The Morgan fingerprint density at radius 1 is 0.970 bits per heavy atom. The van der Waals surface area contributed by atoms with Crippen molar-refractivity contribution in [1.29, 1.82) is 0 Å². The molecule has 1 aliphatic rings. The van der Waals surface area contributed by atoms with Crippen LogP contribution in [0.5, 0.6) is 0 Å². The van der Waals surface area contributed by atoms with Crippen LogP contribution in [0.15, 0.2) is 53.4 Å². The van der Waals surface area contributed by atoms with E-state index in [1.54, 1.807) is 19.2 Å². The van der Waals surface area contributed by atoms with E-state index in [0.717, 1.165) is 32.1 Å². The average Bonchev–Trinajstić information content (AvgIpc) is 2.82. The van der Waals surface area contributed by atoms with Crippen molar-refractivity contribution in [3.05, 3.63) is 59.7 Å². The number of hydrogen-bond donors (Lipinski definition) is 3. The lowest BCUT2D eigenvalue weighted by Crippen LogP contribution is -2.38. The quantitative estimate of drug-likeness (QED) is 0.540. The summed E-state index contributed by atoms with van der Waals surface area (Å²) in [5.41, 5.74) is 5.92. The zero-order valence-electron chi connectivity index (χ0n) is 18.4. The van der Waals surface area contributed by atoms with E-state index in [-0.39, 0.29) is 28.6 Å². The topological polar surface area (TPSA) is 139 Å². The Morgan fingerprint density at radius 3 is 2.27 bits per heavy atom. The van der Waals surface area contributed by atoms with Gasteiger partial charge in [-0.15, -0.1) is 0 Å². The molecule has 0 saturated heterocycles. The van der Waals surface area contributed by atoms with Gasteiger partial charge in [-0.25, -0.2) is 8.42 Å². The molecule has 0 aliphatic heterocycles. The summed E-state index contributed by atoms with van der Waals surface area (Å²) in [6.45, 7) is -0.291. The zero-order chi connectivity index (χ0) is 24.0. The molecule has 9 nitrogen and oxygen atoms in total. The molecule has 2 aromatic carbocycles. The van der Waals surface area contributed by atoms with Gasteiger partial charge in [0.05, 0.1) is 11.4 Å². The van der Waals surface area contributed by atoms with Crippen LogP contribution in [-0.4, -0.2) is 50.1 Å². The van der Waals surface area contributed by atoms with E-state index in [0.29, 0.717) is 5.69 Å². The Hall–Kier alpha value is -3.24. The van der Waals surface area contributed by atoms with Crippen molar-refractivity contribution in [3.63, 3.8) is 0 Å². The number of rotatable bonds is 8. The smallest absolute Gasteiger partial charge is 0.255 e. The van der Waals surface area contributed by atoms with Crippen molar-refractivity contribution in [2.24, 2.45) is 5.73 Å². The Morgan fingerprint density at radius 2 is 1.64 bits per heavy atom. The highest BCUT2D eigenvalue weighted by Gasteiger charge is 2.29. The molecule has 1 aliphatic carbocycles. The van der Waals surface area contributed by atoms with Crippen LogP contribution in [0.4, 0.5) is 5.69 Å². The zero-order valence-corrected chi connectivity index (χ0v) is 19.2. The molecule has 3 rings (SSSR count). The van der Waals surface area contributed by atoms with E-state index in [9.17, 15) is 22.8 Å². The van der Waals surface area contributed by atoms with Crippen molar-refractivity contribution >= 4 is 33.4 Å². The minimum absolute atomic E-state index is 0.000764. The predicted octanol–water partition coefficient (Wildman–Crippen LogP) is 2.11. The number of sulfonamides is 1. The van der Waals surface area contributed by atoms with Gasteiger partial charge in [-0.2, -0.15) is 4.31 Å². The number of hydrogen-bond acceptors (Lipinski definition) is 5. The van der Waals surface area contributed by atoms with E-state index >= 15 is 0 Å². The van der Waals surface area contributed by atoms with Gasteiger partial charge in [-0.3, -0.25) is 14.4 Å². The van der Waals surface area contributed by atoms with E-state index in [1.165, 1.54) is 40.7 Å². The van der Waals surface area contributed by atoms with Crippen LogP contribution in [0.1, 0.15) is 52.8 Å². The van der Waals surface area contributed by atoms with Crippen LogP contribution in [0.2, 0.25) is 0 Å². The summed E-state index contributed by atoms with van der Waals surface area (Å²) in [6.07, 6.45) is 4.90. The number of carbonyl (C=O) groups is 3. The van der Waals surface area contributed by atoms with Crippen molar-refractivity contribution < 1.29 is 22.8 Å². The summed E-state index contributed by atoms with van der Waals surface area (Å²) in [5, 5.41) is 5.06. The Kier molecular flexibility index (Phi) is 7.83. The molecule has 4 N–H and O–H groups in total. The second-order valence-electron chi connectivity index (χ2n) is 8.02. The monoisotopic (exact) mass is 472 g/mol. The lowest BCUT2D eigenvalue weighted by Gasteiger charge is -2.30. The molecule has 1 fully saturated rings. The lowest BCUT2D eigenvalue weighted by molar-refractivity contribution is -0.117. The standard InChI is InChI=1S/C23H28N4O5S/c1-27(19-8-3-2-4-9-19)33(31,32)20-12-10-16(11-13-20)23(30)26-18-7-5-6-17(14-18)22(29)25-15-21(24)28/h5-7,10-14,19H,2-4,8-9,15H2,1H3,(H2,24,28)(H,25,29)(H,26,30). The third-order valence-electron chi connectivity index (χ3n) is 5.69. The molecular weight excluding hydrogens is 444 g/mol. The van der Waals surface area contributed by atoms with Crippen molar-refractivity contribution in [1.82, 2.24) is 9.62 Å². The van der Waals surface area contributed by atoms with Gasteiger partial charge in [0, 0.05) is 29.9 Å².